The summed E-state index contributed by atoms with van der Waals surface area (Å²) in [7, 11) is 0. The van der Waals surface area contributed by atoms with Crippen LogP contribution in [0.2, 0.25) is 0 Å². The Bertz CT molecular complexity index is 877. The van der Waals surface area contributed by atoms with Gasteiger partial charge in [-0.15, -0.1) is 0 Å². The Kier molecular flexibility index (Phi) is 45.3. The number of hydrogen-bond acceptors (Lipinski definition) is 3. The lowest BCUT2D eigenvalue weighted by atomic mass is 10.0. The number of allylic oxidation sites excluding steroid dienone is 7. The molecule has 0 bridgehead atoms. The molecule has 0 aliphatic heterocycles. The van der Waals surface area contributed by atoms with E-state index in [4.69, 9.17) is 0 Å². The van der Waals surface area contributed by atoms with E-state index in [0.717, 1.165) is 38.5 Å². The van der Waals surface area contributed by atoms with Gasteiger partial charge in [-0.2, -0.15) is 0 Å². The minimum atomic E-state index is -0.862. The molecule has 0 saturated carbocycles. The van der Waals surface area contributed by atoms with Gasteiger partial charge in [0.15, 0.2) is 0 Å². The number of rotatable bonds is 44. The maximum absolute atomic E-state index is 12.4. The molecule has 0 aliphatic rings. The zero-order valence-electron chi connectivity index (χ0n) is 36.9. The number of aliphatic hydroxyl groups excluding tert-OH is 2. The van der Waals surface area contributed by atoms with Gasteiger partial charge in [0, 0.05) is 6.42 Å². The van der Waals surface area contributed by atoms with E-state index >= 15 is 0 Å². The van der Waals surface area contributed by atoms with E-state index < -0.39 is 12.1 Å². The number of aliphatic hydroxyl groups is 2. The van der Waals surface area contributed by atoms with Gasteiger partial charge in [-0.3, -0.25) is 4.79 Å². The van der Waals surface area contributed by atoms with Gasteiger partial charge in [0.2, 0.25) is 5.91 Å². The fourth-order valence-corrected chi connectivity index (χ4v) is 7.28. The minimum Gasteiger partial charge on any atom is -0.394 e. The SMILES string of the molecule is CCCCCCC/C=C\C/C=C\CCCCCCCCCCCCCCCC(=O)NC(CO)C(O)/C=C/CC/C=C/CCCCCCCCCCCCCC. The minimum absolute atomic E-state index is 0.0739. The maximum Gasteiger partial charge on any atom is 0.220 e. The van der Waals surface area contributed by atoms with Crippen LogP contribution >= 0.6 is 0 Å². The van der Waals surface area contributed by atoms with Crippen LogP contribution < -0.4 is 5.32 Å². The third-order valence-corrected chi connectivity index (χ3v) is 11.0. The molecule has 3 N–H and O–H groups in total. The topological polar surface area (TPSA) is 69.6 Å². The lowest BCUT2D eigenvalue weighted by Gasteiger charge is -2.19. The van der Waals surface area contributed by atoms with Crippen LogP contribution in [0.3, 0.4) is 0 Å². The molecule has 322 valence electrons. The van der Waals surface area contributed by atoms with Gasteiger partial charge in [-0.1, -0.05) is 229 Å². The zero-order valence-corrected chi connectivity index (χ0v) is 36.9. The number of unbranched alkanes of at least 4 members (excludes halogenated alkanes) is 31. The van der Waals surface area contributed by atoms with Crippen LogP contribution in [0.5, 0.6) is 0 Å². The summed E-state index contributed by atoms with van der Waals surface area (Å²) in [5, 5.41) is 23.0. The quantitative estimate of drug-likeness (QED) is 0.0427. The van der Waals surface area contributed by atoms with Crippen molar-refractivity contribution in [3.8, 4) is 0 Å². The highest BCUT2D eigenvalue weighted by Gasteiger charge is 2.17. The maximum atomic E-state index is 12.4. The van der Waals surface area contributed by atoms with Gasteiger partial charge in [-0.25, -0.2) is 0 Å². The van der Waals surface area contributed by atoms with Crippen molar-refractivity contribution in [1.82, 2.24) is 5.32 Å². The molecule has 4 nitrogen and oxygen atoms in total. The third kappa shape index (κ3) is 43.3. The van der Waals surface area contributed by atoms with E-state index in [1.165, 1.54) is 193 Å². The van der Waals surface area contributed by atoms with Crippen molar-refractivity contribution < 1.29 is 15.0 Å². The Morgan fingerprint density at radius 1 is 0.436 bits per heavy atom. The standard InChI is InChI=1S/C51H95NO3/c1-3-5-7-9-11-13-15-17-19-21-23-24-25-26-27-28-29-31-33-35-37-39-41-43-45-47-51(55)52-49(48-53)50(54)46-44-42-40-38-36-34-32-30-22-20-18-16-14-12-10-8-6-4-2/h15,17,21,23,36,38,44,46,49-50,53-54H,3-14,16,18-20,22,24-35,37,39-43,45,47-48H2,1-2H3,(H,52,55)/b17-15-,23-21-,38-36+,46-44+. The molecular formula is C51H95NO3. The number of hydrogen-bond donors (Lipinski definition) is 3. The van der Waals surface area contributed by atoms with Gasteiger partial charge in [-0.05, 0) is 64.2 Å². The molecule has 0 aromatic heterocycles. The second-order valence-electron chi connectivity index (χ2n) is 16.5. The van der Waals surface area contributed by atoms with Crippen molar-refractivity contribution in [1.29, 1.82) is 0 Å². The summed E-state index contributed by atoms with van der Waals surface area (Å²) in [6.45, 7) is 4.30. The fourth-order valence-electron chi connectivity index (χ4n) is 7.28. The van der Waals surface area contributed by atoms with Crippen molar-refractivity contribution in [2.24, 2.45) is 0 Å². The fraction of sp³-hybridized carbons (Fsp3) is 0.824. The van der Waals surface area contributed by atoms with Gasteiger partial charge in [0.1, 0.15) is 0 Å². The monoisotopic (exact) mass is 770 g/mol. The smallest absolute Gasteiger partial charge is 0.220 e. The highest BCUT2D eigenvalue weighted by Crippen LogP contribution is 2.15. The lowest BCUT2D eigenvalue weighted by Crippen LogP contribution is -2.45. The van der Waals surface area contributed by atoms with Crippen LogP contribution in [0.1, 0.15) is 251 Å². The molecular weight excluding hydrogens is 675 g/mol. The van der Waals surface area contributed by atoms with E-state index in [1.807, 2.05) is 6.08 Å². The Morgan fingerprint density at radius 2 is 0.764 bits per heavy atom. The molecule has 0 heterocycles. The first-order valence-corrected chi connectivity index (χ1v) is 24.4. The molecule has 4 heteroatoms. The average molecular weight is 770 g/mol. The largest absolute Gasteiger partial charge is 0.394 e. The summed E-state index contributed by atoms with van der Waals surface area (Å²) in [5.41, 5.74) is 0. The lowest BCUT2D eigenvalue weighted by molar-refractivity contribution is -0.123. The summed E-state index contributed by atoms with van der Waals surface area (Å²) in [5.74, 6) is -0.0739. The highest BCUT2D eigenvalue weighted by atomic mass is 16.3. The number of carbonyl (C=O) groups excluding carboxylic acids is 1. The van der Waals surface area contributed by atoms with E-state index in [-0.39, 0.29) is 12.5 Å². The first-order valence-electron chi connectivity index (χ1n) is 24.4. The van der Waals surface area contributed by atoms with Crippen molar-refractivity contribution in [3.05, 3.63) is 48.6 Å². The van der Waals surface area contributed by atoms with Crippen LogP contribution in [-0.2, 0) is 4.79 Å². The van der Waals surface area contributed by atoms with E-state index in [9.17, 15) is 15.0 Å². The van der Waals surface area contributed by atoms with Gasteiger partial charge in [0.25, 0.3) is 0 Å². The van der Waals surface area contributed by atoms with Gasteiger partial charge < -0.3 is 15.5 Å². The molecule has 1 amide bonds. The van der Waals surface area contributed by atoms with Crippen LogP contribution in [0.4, 0.5) is 0 Å². The van der Waals surface area contributed by atoms with E-state index in [0.29, 0.717) is 6.42 Å². The molecule has 0 aliphatic carbocycles. The predicted octanol–water partition coefficient (Wildman–Crippen LogP) is 15.5. The van der Waals surface area contributed by atoms with Crippen molar-refractivity contribution >= 4 is 5.91 Å². The van der Waals surface area contributed by atoms with E-state index in [2.05, 4.69) is 55.6 Å². The van der Waals surface area contributed by atoms with Crippen molar-refractivity contribution in [2.45, 2.75) is 264 Å². The Balaban J connectivity index is 3.56. The summed E-state index contributed by atoms with van der Waals surface area (Å²) >= 11 is 0. The Labute approximate surface area is 344 Å². The summed E-state index contributed by atoms with van der Waals surface area (Å²) in [4.78, 5) is 12.4. The second-order valence-corrected chi connectivity index (χ2v) is 16.5. The number of amides is 1. The highest BCUT2D eigenvalue weighted by molar-refractivity contribution is 5.76. The van der Waals surface area contributed by atoms with Crippen LogP contribution in [0.25, 0.3) is 0 Å². The van der Waals surface area contributed by atoms with Crippen LogP contribution in [0, 0.1) is 0 Å². The Morgan fingerprint density at radius 3 is 1.16 bits per heavy atom. The van der Waals surface area contributed by atoms with E-state index in [1.54, 1.807) is 6.08 Å². The summed E-state index contributed by atoms with van der Waals surface area (Å²) < 4.78 is 0. The Hall–Kier alpha value is -1.65. The predicted molar refractivity (Wildman–Crippen MR) is 244 cm³/mol. The molecule has 0 aromatic rings. The van der Waals surface area contributed by atoms with Crippen LogP contribution in [0.15, 0.2) is 48.6 Å². The van der Waals surface area contributed by atoms with Gasteiger partial charge >= 0.3 is 0 Å². The van der Waals surface area contributed by atoms with Crippen LogP contribution in [-0.4, -0.2) is 34.9 Å². The first kappa shape index (κ1) is 53.4. The molecule has 0 fully saturated rings. The summed E-state index contributed by atoms with van der Waals surface area (Å²) in [6, 6.07) is -0.640. The second kappa shape index (κ2) is 46.7. The molecule has 0 radical (unpaired) electrons. The van der Waals surface area contributed by atoms with Gasteiger partial charge in [0.05, 0.1) is 18.8 Å². The molecule has 2 unspecified atom stereocenters. The molecule has 0 spiro atoms. The number of nitrogens with one attached hydrogen (secondary N) is 1. The summed E-state index contributed by atoms with van der Waals surface area (Å²) in [6.07, 6.45) is 63.8. The molecule has 0 saturated heterocycles. The zero-order chi connectivity index (χ0) is 40.0. The molecule has 2 atom stereocenters. The first-order chi connectivity index (χ1) is 27.2. The van der Waals surface area contributed by atoms with Crippen molar-refractivity contribution in [3.63, 3.8) is 0 Å². The number of carbonyl (C=O) groups is 1. The normalized spacial score (nSPS) is 13.3. The molecule has 0 aromatic carbocycles. The van der Waals surface area contributed by atoms with Crippen molar-refractivity contribution in [2.75, 3.05) is 6.61 Å². The average Bonchev–Trinajstić information content (AvgIpc) is 3.19. The molecule has 55 heavy (non-hydrogen) atoms. The third-order valence-electron chi connectivity index (χ3n) is 11.0. The molecule has 0 rings (SSSR count).